The maximum atomic E-state index is 12.1. The van der Waals surface area contributed by atoms with Crippen LogP contribution in [0.4, 0.5) is 0 Å². The van der Waals surface area contributed by atoms with E-state index in [9.17, 15) is 4.79 Å². The van der Waals surface area contributed by atoms with Crippen molar-refractivity contribution in [3.05, 3.63) is 36.0 Å². The Kier molecular flexibility index (Phi) is 3.54. The second kappa shape index (κ2) is 5.01. The first-order chi connectivity index (χ1) is 9.31. The molecule has 0 fully saturated rings. The number of rotatable bonds is 2. The highest BCUT2D eigenvalue weighted by Crippen LogP contribution is 2.23. The van der Waals surface area contributed by atoms with Gasteiger partial charge in [-0.25, -0.2) is 4.79 Å². The predicted octanol–water partition coefficient (Wildman–Crippen LogP) is 3.42. The van der Waals surface area contributed by atoms with Crippen molar-refractivity contribution >= 4 is 16.9 Å². The number of esters is 1. The highest BCUT2D eigenvalue weighted by atomic mass is 16.6. The number of fused-ring (bicyclic) bond motifs is 1. The maximum Gasteiger partial charge on any atom is 0.329 e. The van der Waals surface area contributed by atoms with Crippen molar-refractivity contribution in [2.24, 2.45) is 0 Å². The largest absolute Gasteiger partial charge is 0.458 e. The highest BCUT2D eigenvalue weighted by Gasteiger charge is 2.23. The third kappa shape index (κ3) is 2.83. The number of carbonyl (C=O) groups excluding carboxylic acids is 1. The number of hydrogen-bond donors (Lipinski definition) is 0. The van der Waals surface area contributed by atoms with E-state index < -0.39 is 11.6 Å². The van der Waals surface area contributed by atoms with E-state index in [0.29, 0.717) is 5.56 Å². The lowest BCUT2D eigenvalue weighted by atomic mass is 10.1. The molecule has 0 radical (unpaired) electrons. The molecule has 0 saturated heterocycles. The Balaban J connectivity index is 2.37. The molecule has 4 heteroatoms. The van der Waals surface area contributed by atoms with Crippen LogP contribution in [0.2, 0.25) is 0 Å². The van der Waals surface area contributed by atoms with Crippen LogP contribution in [0.5, 0.6) is 0 Å². The van der Waals surface area contributed by atoms with E-state index in [4.69, 9.17) is 10.00 Å². The minimum Gasteiger partial charge on any atom is -0.458 e. The molecule has 20 heavy (non-hydrogen) atoms. The maximum absolute atomic E-state index is 12.1. The number of nitrogens with zero attached hydrogens (tertiary/aromatic N) is 2. The Morgan fingerprint density at radius 1 is 1.35 bits per heavy atom. The summed E-state index contributed by atoms with van der Waals surface area (Å²) in [5, 5.41) is 9.97. The number of benzene rings is 1. The van der Waals surface area contributed by atoms with Crippen LogP contribution in [-0.2, 0) is 9.53 Å². The Bertz CT molecular complexity index is 687. The van der Waals surface area contributed by atoms with Gasteiger partial charge >= 0.3 is 5.97 Å². The van der Waals surface area contributed by atoms with Gasteiger partial charge in [0.25, 0.3) is 0 Å². The van der Waals surface area contributed by atoms with Gasteiger partial charge in [-0.05, 0) is 51.3 Å². The van der Waals surface area contributed by atoms with E-state index in [1.54, 1.807) is 19.1 Å². The summed E-state index contributed by atoms with van der Waals surface area (Å²) in [5.41, 5.74) is 0.933. The molecule has 0 N–H and O–H groups in total. The summed E-state index contributed by atoms with van der Waals surface area (Å²) in [6.07, 6.45) is 1.85. The number of hydrogen-bond acceptors (Lipinski definition) is 3. The number of ether oxygens (including phenoxy) is 1. The number of aromatic nitrogens is 1. The van der Waals surface area contributed by atoms with Gasteiger partial charge in [0.2, 0.25) is 0 Å². The summed E-state index contributed by atoms with van der Waals surface area (Å²) >= 11 is 0. The van der Waals surface area contributed by atoms with E-state index in [2.05, 4.69) is 6.07 Å². The minimum atomic E-state index is -0.508. The van der Waals surface area contributed by atoms with Crippen molar-refractivity contribution in [3.63, 3.8) is 0 Å². The van der Waals surface area contributed by atoms with Crippen LogP contribution < -0.4 is 0 Å². The van der Waals surface area contributed by atoms with Crippen molar-refractivity contribution in [3.8, 4) is 6.07 Å². The molecule has 104 valence electrons. The summed E-state index contributed by atoms with van der Waals surface area (Å²) in [6, 6.07) is 9.05. The zero-order valence-corrected chi connectivity index (χ0v) is 12.2. The van der Waals surface area contributed by atoms with E-state index in [1.807, 2.05) is 43.7 Å². The fourth-order valence-corrected chi connectivity index (χ4v) is 2.06. The molecule has 0 saturated carbocycles. The Hall–Kier alpha value is -2.28. The molecule has 2 rings (SSSR count). The molecular weight excluding hydrogens is 252 g/mol. The van der Waals surface area contributed by atoms with Crippen molar-refractivity contribution in [1.29, 1.82) is 5.26 Å². The lowest BCUT2D eigenvalue weighted by Gasteiger charge is -2.23. The van der Waals surface area contributed by atoms with Gasteiger partial charge in [0.1, 0.15) is 11.6 Å². The van der Waals surface area contributed by atoms with Crippen LogP contribution in [0.3, 0.4) is 0 Å². The van der Waals surface area contributed by atoms with Gasteiger partial charge in [0.05, 0.1) is 17.1 Å². The first-order valence-electron chi connectivity index (χ1n) is 6.55. The van der Waals surface area contributed by atoms with Gasteiger partial charge < -0.3 is 9.30 Å². The highest BCUT2D eigenvalue weighted by molar-refractivity contribution is 5.84. The summed E-state index contributed by atoms with van der Waals surface area (Å²) in [4.78, 5) is 12.1. The SMILES string of the molecule is CC(C(=O)OC(C)(C)C)n1ccc2ccc(C#N)cc21. The molecule has 4 nitrogen and oxygen atoms in total. The Morgan fingerprint density at radius 3 is 2.65 bits per heavy atom. The van der Waals surface area contributed by atoms with Crippen LogP contribution in [0.1, 0.15) is 39.3 Å². The molecule has 0 amide bonds. The second-order valence-corrected chi connectivity index (χ2v) is 5.82. The van der Waals surface area contributed by atoms with Crippen molar-refractivity contribution in [2.75, 3.05) is 0 Å². The van der Waals surface area contributed by atoms with Gasteiger partial charge in [0.15, 0.2) is 0 Å². The molecular formula is C16H18N2O2. The standard InChI is InChI=1S/C16H18N2O2/c1-11(15(19)20-16(2,3)4)18-8-7-13-6-5-12(10-17)9-14(13)18/h5-9,11H,1-4H3. The lowest BCUT2D eigenvalue weighted by Crippen LogP contribution is -2.28. The van der Waals surface area contributed by atoms with Crippen LogP contribution in [-0.4, -0.2) is 16.1 Å². The van der Waals surface area contributed by atoms with Crippen molar-refractivity contribution in [2.45, 2.75) is 39.3 Å². The Morgan fingerprint density at radius 2 is 2.05 bits per heavy atom. The van der Waals surface area contributed by atoms with Gasteiger partial charge in [-0.15, -0.1) is 0 Å². The third-order valence-corrected chi connectivity index (χ3v) is 3.02. The van der Waals surface area contributed by atoms with Crippen LogP contribution in [0, 0.1) is 11.3 Å². The summed E-state index contributed by atoms with van der Waals surface area (Å²) in [5.74, 6) is -0.280. The molecule has 1 heterocycles. The molecule has 1 atom stereocenters. The molecule has 0 aliphatic rings. The zero-order valence-electron chi connectivity index (χ0n) is 12.2. The quantitative estimate of drug-likeness (QED) is 0.786. The van der Waals surface area contributed by atoms with Crippen molar-refractivity contribution < 1.29 is 9.53 Å². The summed E-state index contributed by atoms with van der Waals surface area (Å²) in [6.45, 7) is 7.34. The normalized spacial score (nSPS) is 12.9. The number of nitriles is 1. The predicted molar refractivity (Wildman–Crippen MR) is 77.2 cm³/mol. The molecule has 0 aliphatic heterocycles. The molecule has 1 aromatic heterocycles. The average Bonchev–Trinajstić information content (AvgIpc) is 2.78. The fraction of sp³-hybridized carbons (Fsp3) is 0.375. The fourth-order valence-electron chi connectivity index (χ4n) is 2.06. The lowest BCUT2D eigenvalue weighted by molar-refractivity contribution is -0.158. The number of carbonyl (C=O) groups is 1. The second-order valence-electron chi connectivity index (χ2n) is 5.82. The van der Waals surface area contributed by atoms with Crippen LogP contribution >= 0.6 is 0 Å². The van der Waals surface area contributed by atoms with Crippen molar-refractivity contribution in [1.82, 2.24) is 4.57 Å². The smallest absolute Gasteiger partial charge is 0.329 e. The monoisotopic (exact) mass is 270 g/mol. The average molecular weight is 270 g/mol. The summed E-state index contributed by atoms with van der Waals surface area (Å²) < 4.78 is 7.24. The molecule has 1 aromatic carbocycles. The topological polar surface area (TPSA) is 55.0 Å². The first-order valence-corrected chi connectivity index (χ1v) is 6.55. The zero-order chi connectivity index (χ0) is 14.9. The van der Waals surface area contributed by atoms with Gasteiger partial charge in [-0.1, -0.05) is 6.07 Å². The minimum absolute atomic E-state index is 0.280. The van der Waals surface area contributed by atoms with Crippen LogP contribution in [0.25, 0.3) is 10.9 Å². The van der Waals surface area contributed by atoms with Gasteiger partial charge in [-0.3, -0.25) is 0 Å². The van der Waals surface area contributed by atoms with Gasteiger partial charge in [-0.2, -0.15) is 5.26 Å². The van der Waals surface area contributed by atoms with E-state index in [-0.39, 0.29) is 5.97 Å². The first kappa shape index (κ1) is 14.1. The van der Waals surface area contributed by atoms with E-state index in [1.165, 1.54) is 0 Å². The third-order valence-electron chi connectivity index (χ3n) is 3.02. The van der Waals surface area contributed by atoms with Crippen LogP contribution in [0.15, 0.2) is 30.5 Å². The van der Waals surface area contributed by atoms with E-state index in [0.717, 1.165) is 10.9 Å². The Labute approximate surface area is 118 Å². The molecule has 0 spiro atoms. The van der Waals surface area contributed by atoms with Gasteiger partial charge in [0, 0.05) is 6.20 Å². The molecule has 1 unspecified atom stereocenters. The molecule has 2 aromatic rings. The molecule has 0 bridgehead atoms. The van der Waals surface area contributed by atoms with E-state index >= 15 is 0 Å². The molecule has 0 aliphatic carbocycles. The summed E-state index contributed by atoms with van der Waals surface area (Å²) in [7, 11) is 0.